The van der Waals surface area contributed by atoms with Crippen LogP contribution in [0.15, 0.2) is 41.4 Å². The molecule has 2 aliphatic heterocycles. The number of rotatable bonds is 3. The van der Waals surface area contributed by atoms with E-state index in [0.29, 0.717) is 12.2 Å². The molecule has 2 unspecified atom stereocenters. The number of carbonyl (C=O) groups excluding carboxylic acids is 1. The summed E-state index contributed by atoms with van der Waals surface area (Å²) in [6, 6.07) is 4.35. The minimum Gasteiger partial charge on any atom is -0.478 e. The van der Waals surface area contributed by atoms with Crippen LogP contribution in [0.2, 0.25) is 0 Å². The number of allylic oxidation sites excluding steroid dienone is 1. The van der Waals surface area contributed by atoms with Gasteiger partial charge in [0.15, 0.2) is 0 Å². The van der Waals surface area contributed by atoms with Crippen LogP contribution in [0, 0.1) is 0 Å². The number of primary amides is 1. The number of carboxylic acids is 1. The molecule has 6 nitrogen and oxygen atoms in total. The standard InChI is InChI=1S/C16H14N2O4/c17-15(19)13-9(3-1-4-11(13)16(20)21)10-6-8-22-12-5-2-7-18-14(10)12/h1-7,12,14H,8H2,(H2,17,19)(H,20,21). The monoisotopic (exact) mass is 298 g/mol. The topological polar surface area (TPSA) is 102 Å². The van der Waals surface area contributed by atoms with Crippen LogP contribution >= 0.6 is 0 Å². The van der Waals surface area contributed by atoms with Crippen LogP contribution in [-0.2, 0) is 4.74 Å². The van der Waals surface area contributed by atoms with Crippen LogP contribution in [-0.4, -0.2) is 42.0 Å². The van der Waals surface area contributed by atoms with Crippen LogP contribution < -0.4 is 5.73 Å². The third-order valence-electron chi connectivity index (χ3n) is 3.71. The van der Waals surface area contributed by atoms with Crippen LogP contribution in [0.5, 0.6) is 0 Å². The summed E-state index contributed by atoms with van der Waals surface area (Å²) in [7, 11) is 0. The molecular formula is C16H14N2O4. The van der Waals surface area contributed by atoms with Crippen molar-refractivity contribution in [3.8, 4) is 0 Å². The lowest BCUT2D eigenvalue weighted by Crippen LogP contribution is -2.33. The van der Waals surface area contributed by atoms with Crippen molar-refractivity contribution in [2.24, 2.45) is 10.7 Å². The molecule has 0 radical (unpaired) electrons. The van der Waals surface area contributed by atoms with Gasteiger partial charge in [-0.25, -0.2) is 4.79 Å². The Morgan fingerprint density at radius 1 is 1.36 bits per heavy atom. The van der Waals surface area contributed by atoms with Gasteiger partial charge in [-0.2, -0.15) is 0 Å². The van der Waals surface area contributed by atoms with Crippen LogP contribution in [0.1, 0.15) is 26.3 Å². The third kappa shape index (κ3) is 2.33. The predicted molar refractivity (Wildman–Crippen MR) is 81.1 cm³/mol. The molecule has 6 heteroatoms. The van der Waals surface area contributed by atoms with Gasteiger partial charge in [-0.15, -0.1) is 0 Å². The summed E-state index contributed by atoms with van der Waals surface area (Å²) in [6.07, 6.45) is 6.93. The van der Waals surface area contributed by atoms with Crippen LogP contribution in [0.3, 0.4) is 0 Å². The second-order valence-corrected chi connectivity index (χ2v) is 4.98. The van der Waals surface area contributed by atoms with Crippen molar-refractivity contribution >= 4 is 23.7 Å². The number of hydrogen-bond donors (Lipinski definition) is 2. The van der Waals surface area contributed by atoms with Gasteiger partial charge in [0.1, 0.15) is 12.1 Å². The second kappa shape index (κ2) is 5.57. The summed E-state index contributed by atoms with van der Waals surface area (Å²) in [5.74, 6) is -1.96. The fourth-order valence-corrected chi connectivity index (χ4v) is 2.77. The van der Waals surface area contributed by atoms with Crippen molar-refractivity contribution in [2.45, 2.75) is 12.1 Å². The van der Waals surface area contributed by atoms with Gasteiger partial charge in [-0.1, -0.05) is 24.3 Å². The quantitative estimate of drug-likeness (QED) is 0.877. The first kappa shape index (κ1) is 14.2. The first-order valence-electron chi connectivity index (χ1n) is 6.77. The number of carboxylic acid groups (broad SMARTS) is 1. The van der Waals surface area contributed by atoms with Gasteiger partial charge in [-0.3, -0.25) is 9.79 Å². The molecule has 0 saturated heterocycles. The number of nitrogens with zero attached hydrogens (tertiary/aromatic N) is 1. The lowest BCUT2D eigenvalue weighted by Gasteiger charge is -2.30. The molecule has 112 valence electrons. The van der Waals surface area contributed by atoms with E-state index in [1.165, 1.54) is 6.07 Å². The molecule has 3 rings (SSSR count). The minimum absolute atomic E-state index is 0.00616. The molecule has 0 spiro atoms. The summed E-state index contributed by atoms with van der Waals surface area (Å²) >= 11 is 0. The smallest absolute Gasteiger partial charge is 0.336 e. The highest BCUT2D eigenvalue weighted by atomic mass is 16.5. The molecule has 0 bridgehead atoms. The van der Waals surface area contributed by atoms with Crippen molar-refractivity contribution in [1.29, 1.82) is 0 Å². The first-order valence-corrected chi connectivity index (χ1v) is 6.77. The second-order valence-electron chi connectivity index (χ2n) is 4.98. The van der Waals surface area contributed by atoms with Gasteiger partial charge < -0.3 is 15.6 Å². The Morgan fingerprint density at radius 2 is 2.18 bits per heavy atom. The molecular weight excluding hydrogens is 284 g/mol. The number of dihydropyridines is 1. The molecule has 2 heterocycles. The Morgan fingerprint density at radius 3 is 2.91 bits per heavy atom. The highest BCUT2D eigenvalue weighted by Crippen LogP contribution is 2.32. The SMILES string of the molecule is NC(=O)c1c(C(=O)O)cccc1C1=CCOC2C=CC=NC12. The largest absolute Gasteiger partial charge is 0.478 e. The molecule has 0 fully saturated rings. The van der Waals surface area contributed by atoms with Gasteiger partial charge in [0, 0.05) is 6.21 Å². The van der Waals surface area contributed by atoms with Crippen molar-refractivity contribution in [1.82, 2.24) is 0 Å². The number of nitrogens with two attached hydrogens (primary N) is 1. The molecule has 0 aromatic heterocycles. The zero-order chi connectivity index (χ0) is 15.7. The van der Waals surface area contributed by atoms with Crippen LogP contribution in [0.25, 0.3) is 5.57 Å². The maximum Gasteiger partial charge on any atom is 0.336 e. The molecule has 2 aliphatic rings. The normalized spacial score (nSPS) is 22.8. The number of benzene rings is 1. The summed E-state index contributed by atoms with van der Waals surface area (Å²) in [6.45, 7) is 0.367. The van der Waals surface area contributed by atoms with E-state index in [9.17, 15) is 14.7 Å². The zero-order valence-electron chi connectivity index (χ0n) is 11.6. The van der Waals surface area contributed by atoms with E-state index >= 15 is 0 Å². The fourth-order valence-electron chi connectivity index (χ4n) is 2.77. The van der Waals surface area contributed by atoms with E-state index in [4.69, 9.17) is 10.5 Å². The number of amides is 1. The lowest BCUT2D eigenvalue weighted by atomic mass is 9.87. The van der Waals surface area contributed by atoms with E-state index in [-0.39, 0.29) is 23.3 Å². The lowest BCUT2D eigenvalue weighted by molar-refractivity contribution is 0.0692. The highest BCUT2D eigenvalue weighted by molar-refractivity contribution is 6.08. The average Bonchev–Trinajstić information content (AvgIpc) is 2.53. The Kier molecular flexibility index (Phi) is 3.60. The van der Waals surface area contributed by atoms with Gasteiger partial charge in [0.25, 0.3) is 0 Å². The molecule has 1 amide bonds. The maximum atomic E-state index is 11.8. The summed E-state index contributed by atoms with van der Waals surface area (Å²) < 4.78 is 5.60. The van der Waals surface area contributed by atoms with Gasteiger partial charge in [0.2, 0.25) is 5.91 Å². The molecule has 0 saturated carbocycles. The third-order valence-corrected chi connectivity index (χ3v) is 3.71. The van der Waals surface area contributed by atoms with Crippen LogP contribution in [0.4, 0.5) is 0 Å². The van der Waals surface area contributed by atoms with E-state index in [1.54, 1.807) is 24.4 Å². The Bertz CT molecular complexity index is 734. The molecule has 2 atom stereocenters. The summed E-state index contributed by atoms with van der Waals surface area (Å²) in [5, 5.41) is 9.28. The van der Waals surface area contributed by atoms with E-state index in [1.807, 2.05) is 12.2 Å². The van der Waals surface area contributed by atoms with Gasteiger partial charge in [-0.05, 0) is 23.3 Å². The summed E-state index contributed by atoms with van der Waals surface area (Å²) in [5.41, 5.74) is 6.57. The van der Waals surface area contributed by atoms with Gasteiger partial charge in [0.05, 0.1) is 17.7 Å². The van der Waals surface area contributed by atoms with Crippen molar-refractivity contribution in [3.05, 3.63) is 53.1 Å². The highest BCUT2D eigenvalue weighted by Gasteiger charge is 2.31. The molecule has 1 aromatic rings. The number of aliphatic imine (C=N–C) groups is 1. The number of hydrogen-bond acceptors (Lipinski definition) is 4. The number of fused-ring (bicyclic) bond motifs is 1. The summed E-state index contributed by atoms with van der Waals surface area (Å²) in [4.78, 5) is 27.5. The van der Waals surface area contributed by atoms with Crippen molar-refractivity contribution in [3.63, 3.8) is 0 Å². The number of aromatic carboxylic acids is 1. The molecule has 1 aromatic carbocycles. The average molecular weight is 298 g/mol. The Hall–Kier alpha value is -2.73. The van der Waals surface area contributed by atoms with E-state index in [2.05, 4.69) is 4.99 Å². The maximum absolute atomic E-state index is 11.8. The molecule has 22 heavy (non-hydrogen) atoms. The Labute approximate surface area is 126 Å². The number of ether oxygens (including phenoxy) is 1. The van der Waals surface area contributed by atoms with Crippen molar-refractivity contribution < 1.29 is 19.4 Å². The fraction of sp³-hybridized carbons (Fsp3) is 0.188. The first-order chi connectivity index (χ1) is 10.6. The molecule has 3 N–H and O–H groups in total. The number of carbonyl (C=O) groups is 2. The van der Waals surface area contributed by atoms with E-state index in [0.717, 1.165) is 5.57 Å². The Balaban J connectivity index is 2.16. The predicted octanol–water partition coefficient (Wildman–Crippen LogP) is 1.28. The molecule has 0 aliphatic carbocycles. The van der Waals surface area contributed by atoms with E-state index < -0.39 is 11.9 Å². The zero-order valence-corrected chi connectivity index (χ0v) is 11.6. The minimum atomic E-state index is -1.19. The van der Waals surface area contributed by atoms with Gasteiger partial charge >= 0.3 is 5.97 Å². The van der Waals surface area contributed by atoms with Crippen molar-refractivity contribution in [2.75, 3.05) is 6.61 Å².